The van der Waals surface area contributed by atoms with Crippen LogP contribution in [-0.2, 0) is 11.3 Å². The number of benzene rings is 2. The molecule has 2 heterocycles. The van der Waals surface area contributed by atoms with Crippen molar-refractivity contribution in [1.29, 1.82) is 5.26 Å². The molecule has 1 N–H and O–H groups in total. The van der Waals surface area contributed by atoms with Gasteiger partial charge >= 0.3 is 5.97 Å². The SMILES string of the molecule is CC(C)OC(=O)c1c(Nc2ccc(C#N)cc2)ccnc1N1CCN(Cc2ccccc2)CC1. The van der Waals surface area contributed by atoms with E-state index < -0.39 is 5.97 Å². The summed E-state index contributed by atoms with van der Waals surface area (Å²) in [7, 11) is 0. The molecular weight excluding hydrogens is 426 g/mol. The van der Waals surface area contributed by atoms with Crippen molar-refractivity contribution in [2.75, 3.05) is 36.4 Å². The lowest BCUT2D eigenvalue weighted by Crippen LogP contribution is -2.46. The molecule has 0 atom stereocenters. The highest BCUT2D eigenvalue weighted by Gasteiger charge is 2.27. The third-order valence-electron chi connectivity index (χ3n) is 5.69. The summed E-state index contributed by atoms with van der Waals surface area (Å²) in [5.41, 5.74) is 3.71. The van der Waals surface area contributed by atoms with Crippen LogP contribution in [0.5, 0.6) is 0 Å². The molecule has 1 saturated heterocycles. The molecule has 1 aliphatic heterocycles. The molecule has 7 heteroatoms. The van der Waals surface area contributed by atoms with Crippen molar-refractivity contribution < 1.29 is 9.53 Å². The third-order valence-corrected chi connectivity index (χ3v) is 5.69. The van der Waals surface area contributed by atoms with Gasteiger partial charge in [-0.25, -0.2) is 9.78 Å². The molecule has 1 aromatic heterocycles. The molecule has 1 fully saturated rings. The van der Waals surface area contributed by atoms with Gasteiger partial charge in [0.15, 0.2) is 0 Å². The van der Waals surface area contributed by atoms with Gasteiger partial charge in [0.05, 0.1) is 23.4 Å². The Morgan fingerprint density at radius 3 is 2.41 bits per heavy atom. The minimum Gasteiger partial charge on any atom is -0.459 e. The number of carbonyl (C=O) groups is 1. The maximum atomic E-state index is 13.2. The Balaban J connectivity index is 1.56. The molecule has 1 aliphatic rings. The number of nitrogens with zero attached hydrogens (tertiary/aromatic N) is 4. The van der Waals surface area contributed by atoms with Crippen LogP contribution in [0.2, 0.25) is 0 Å². The van der Waals surface area contributed by atoms with Crippen molar-refractivity contribution in [3.05, 3.63) is 83.6 Å². The largest absolute Gasteiger partial charge is 0.459 e. The summed E-state index contributed by atoms with van der Waals surface area (Å²) >= 11 is 0. The third kappa shape index (κ3) is 5.72. The van der Waals surface area contributed by atoms with E-state index in [1.165, 1.54) is 5.56 Å². The number of piperazine rings is 1. The molecule has 7 nitrogen and oxygen atoms in total. The highest BCUT2D eigenvalue weighted by Crippen LogP contribution is 2.30. The first-order chi connectivity index (χ1) is 16.5. The molecular formula is C27H29N5O2. The molecule has 34 heavy (non-hydrogen) atoms. The van der Waals surface area contributed by atoms with Gasteiger partial charge < -0.3 is 15.0 Å². The van der Waals surface area contributed by atoms with E-state index in [9.17, 15) is 4.79 Å². The molecule has 3 aromatic rings. The van der Waals surface area contributed by atoms with Gasteiger partial charge in [0, 0.05) is 44.6 Å². The number of hydrogen-bond acceptors (Lipinski definition) is 7. The van der Waals surface area contributed by atoms with Gasteiger partial charge in [-0.1, -0.05) is 30.3 Å². The van der Waals surface area contributed by atoms with Crippen LogP contribution in [0.25, 0.3) is 0 Å². The Bertz CT molecular complexity index is 1150. The van der Waals surface area contributed by atoms with Gasteiger partial charge in [-0.2, -0.15) is 5.26 Å². The van der Waals surface area contributed by atoms with Crippen LogP contribution < -0.4 is 10.2 Å². The number of pyridine rings is 1. The van der Waals surface area contributed by atoms with Gasteiger partial charge in [0.1, 0.15) is 11.4 Å². The second-order valence-corrected chi connectivity index (χ2v) is 8.57. The second-order valence-electron chi connectivity index (χ2n) is 8.57. The van der Waals surface area contributed by atoms with Crippen LogP contribution in [0.1, 0.15) is 35.3 Å². The first kappa shape index (κ1) is 23.3. The van der Waals surface area contributed by atoms with E-state index in [2.05, 4.69) is 50.4 Å². The highest BCUT2D eigenvalue weighted by molar-refractivity contribution is 6.01. The lowest BCUT2D eigenvalue weighted by atomic mass is 10.1. The van der Waals surface area contributed by atoms with E-state index in [0.717, 1.165) is 38.4 Å². The fourth-order valence-electron chi connectivity index (χ4n) is 4.01. The minimum atomic E-state index is -0.402. The number of nitriles is 1. The van der Waals surface area contributed by atoms with Crippen molar-refractivity contribution in [3.8, 4) is 6.07 Å². The molecule has 0 amide bonds. The summed E-state index contributed by atoms with van der Waals surface area (Å²) in [5.74, 6) is 0.226. The van der Waals surface area contributed by atoms with Gasteiger partial charge in [-0.05, 0) is 49.7 Å². The molecule has 0 radical (unpaired) electrons. The predicted octanol–water partition coefficient (Wildman–Crippen LogP) is 4.58. The second kappa shape index (κ2) is 10.8. The van der Waals surface area contributed by atoms with E-state index in [1.54, 1.807) is 24.4 Å². The molecule has 174 valence electrons. The van der Waals surface area contributed by atoms with Crippen molar-refractivity contribution >= 4 is 23.2 Å². The Morgan fingerprint density at radius 1 is 1.06 bits per heavy atom. The van der Waals surface area contributed by atoms with Gasteiger partial charge in [-0.3, -0.25) is 4.90 Å². The first-order valence-electron chi connectivity index (χ1n) is 11.5. The fraction of sp³-hybridized carbons (Fsp3) is 0.296. The van der Waals surface area contributed by atoms with E-state index in [0.29, 0.717) is 22.6 Å². The molecule has 0 bridgehead atoms. The molecule has 0 spiro atoms. The lowest BCUT2D eigenvalue weighted by Gasteiger charge is -2.36. The zero-order chi connectivity index (χ0) is 23.9. The highest BCUT2D eigenvalue weighted by atomic mass is 16.5. The number of esters is 1. The Morgan fingerprint density at radius 2 is 1.76 bits per heavy atom. The van der Waals surface area contributed by atoms with Gasteiger partial charge in [0.25, 0.3) is 0 Å². The average Bonchev–Trinajstić information content (AvgIpc) is 2.85. The summed E-state index contributed by atoms with van der Waals surface area (Å²) in [6.45, 7) is 7.87. The van der Waals surface area contributed by atoms with Gasteiger partial charge in [-0.15, -0.1) is 0 Å². The van der Waals surface area contributed by atoms with Crippen LogP contribution in [-0.4, -0.2) is 48.1 Å². The van der Waals surface area contributed by atoms with Crippen LogP contribution in [0, 0.1) is 11.3 Å². The molecule has 0 saturated carbocycles. The normalized spacial score (nSPS) is 14.0. The van der Waals surface area contributed by atoms with E-state index in [4.69, 9.17) is 10.00 Å². The zero-order valence-electron chi connectivity index (χ0n) is 19.6. The zero-order valence-corrected chi connectivity index (χ0v) is 19.6. The Kier molecular flexibility index (Phi) is 7.41. The van der Waals surface area contributed by atoms with Crippen molar-refractivity contribution in [1.82, 2.24) is 9.88 Å². The molecule has 0 aliphatic carbocycles. The number of aromatic nitrogens is 1. The molecule has 2 aromatic carbocycles. The number of hydrogen-bond donors (Lipinski definition) is 1. The smallest absolute Gasteiger partial charge is 0.344 e. The summed E-state index contributed by atoms with van der Waals surface area (Å²) in [6, 6.07) is 21.5. The lowest BCUT2D eigenvalue weighted by molar-refractivity contribution is 0.0379. The number of anilines is 3. The van der Waals surface area contributed by atoms with Crippen molar-refractivity contribution in [2.24, 2.45) is 0 Å². The Labute approximate surface area is 200 Å². The maximum Gasteiger partial charge on any atom is 0.344 e. The summed E-state index contributed by atoms with van der Waals surface area (Å²) in [4.78, 5) is 22.3. The average molecular weight is 456 g/mol. The monoisotopic (exact) mass is 455 g/mol. The number of ether oxygens (including phenoxy) is 1. The first-order valence-corrected chi connectivity index (χ1v) is 11.5. The van der Waals surface area contributed by atoms with E-state index in [1.807, 2.05) is 32.0 Å². The van der Waals surface area contributed by atoms with Gasteiger partial charge in [0.2, 0.25) is 0 Å². The summed E-state index contributed by atoms with van der Waals surface area (Å²) in [5, 5.41) is 12.4. The van der Waals surface area contributed by atoms with Crippen molar-refractivity contribution in [3.63, 3.8) is 0 Å². The summed E-state index contributed by atoms with van der Waals surface area (Å²) < 4.78 is 5.58. The van der Waals surface area contributed by atoms with E-state index >= 15 is 0 Å². The predicted molar refractivity (Wildman–Crippen MR) is 133 cm³/mol. The standard InChI is InChI=1S/C27H29N5O2/c1-20(2)34-27(33)25-24(30-23-10-8-21(18-28)9-11-23)12-13-29-26(25)32-16-14-31(15-17-32)19-22-6-4-3-5-7-22/h3-13,20H,14-17,19H2,1-2H3,(H,29,30). The Hall–Kier alpha value is -3.89. The minimum absolute atomic E-state index is 0.244. The van der Waals surface area contributed by atoms with Crippen LogP contribution in [0.3, 0.4) is 0 Å². The topological polar surface area (TPSA) is 81.5 Å². The summed E-state index contributed by atoms with van der Waals surface area (Å²) in [6.07, 6.45) is 1.47. The van der Waals surface area contributed by atoms with Crippen molar-refractivity contribution in [2.45, 2.75) is 26.5 Å². The van der Waals surface area contributed by atoms with Crippen LogP contribution in [0.15, 0.2) is 66.9 Å². The van der Waals surface area contributed by atoms with Crippen LogP contribution >= 0.6 is 0 Å². The maximum absolute atomic E-state index is 13.2. The molecule has 4 rings (SSSR count). The van der Waals surface area contributed by atoms with E-state index in [-0.39, 0.29) is 6.10 Å². The number of rotatable bonds is 7. The molecule has 0 unspecified atom stereocenters. The number of nitrogens with one attached hydrogen (secondary N) is 1. The quantitative estimate of drug-likeness (QED) is 0.522. The van der Waals surface area contributed by atoms with Crippen LogP contribution in [0.4, 0.5) is 17.2 Å². The number of carbonyl (C=O) groups excluding carboxylic acids is 1. The fourth-order valence-corrected chi connectivity index (χ4v) is 4.01.